The van der Waals surface area contributed by atoms with Crippen molar-refractivity contribution in [2.75, 3.05) is 6.54 Å². The van der Waals surface area contributed by atoms with Crippen molar-refractivity contribution in [2.45, 2.75) is 95.7 Å². The summed E-state index contributed by atoms with van der Waals surface area (Å²) in [5.41, 5.74) is 5.47. The van der Waals surface area contributed by atoms with Crippen LogP contribution < -0.4 is 16.2 Å². The van der Waals surface area contributed by atoms with Crippen molar-refractivity contribution in [2.24, 2.45) is 0 Å². The Labute approximate surface area is 210 Å². The number of rotatable bonds is 8. The first-order valence-electron chi connectivity index (χ1n) is 12.3. The summed E-state index contributed by atoms with van der Waals surface area (Å²) in [5, 5.41) is 2.86. The van der Waals surface area contributed by atoms with Crippen molar-refractivity contribution in [3.8, 4) is 0 Å². The molecule has 1 aromatic carbocycles. The Morgan fingerprint density at radius 3 is 2.22 bits per heavy atom. The number of hydrogen-bond donors (Lipinski definition) is 3. The number of benzene rings is 1. The fourth-order valence-electron chi connectivity index (χ4n) is 4.57. The molecule has 4 rings (SSSR count). The van der Waals surface area contributed by atoms with Gasteiger partial charge in [-0.15, -0.1) is 0 Å². The molecule has 198 valence electrons. The van der Waals surface area contributed by atoms with Gasteiger partial charge in [0.2, 0.25) is 5.91 Å². The molecule has 3 fully saturated rings. The van der Waals surface area contributed by atoms with Gasteiger partial charge in [-0.05, 0) is 52.7 Å². The molecular formula is C25H35N3O8. The van der Waals surface area contributed by atoms with E-state index in [9.17, 15) is 14.4 Å². The molecule has 0 radical (unpaired) electrons. The second kappa shape index (κ2) is 10.8. The van der Waals surface area contributed by atoms with E-state index in [-0.39, 0.29) is 18.2 Å². The molecule has 0 aliphatic carbocycles. The van der Waals surface area contributed by atoms with E-state index < -0.39 is 48.2 Å². The number of nitrogens with one attached hydrogen (secondary N) is 3. The molecule has 0 bridgehead atoms. The van der Waals surface area contributed by atoms with E-state index in [1.54, 1.807) is 39.8 Å². The van der Waals surface area contributed by atoms with Crippen LogP contribution in [0.1, 0.15) is 63.7 Å². The average molecular weight is 506 g/mol. The van der Waals surface area contributed by atoms with Gasteiger partial charge in [0.15, 0.2) is 24.0 Å². The van der Waals surface area contributed by atoms with Crippen LogP contribution in [0.5, 0.6) is 0 Å². The van der Waals surface area contributed by atoms with E-state index in [1.165, 1.54) is 0 Å². The summed E-state index contributed by atoms with van der Waals surface area (Å²) in [5.74, 6) is -2.82. The number of carbonyl (C=O) groups is 3. The minimum absolute atomic E-state index is 0.118. The molecule has 3 aliphatic rings. The first-order valence-corrected chi connectivity index (χ1v) is 12.3. The number of unbranched alkanes of at least 4 members (excludes halogenated alkanes) is 2. The molecule has 0 saturated carbocycles. The van der Waals surface area contributed by atoms with Crippen LogP contribution in [-0.4, -0.2) is 66.5 Å². The summed E-state index contributed by atoms with van der Waals surface area (Å²) in [6.45, 7) is 7.56. The molecule has 3 N–H and O–H groups in total. The lowest BCUT2D eigenvalue weighted by molar-refractivity contribution is -0.231. The molecular weight excluding hydrogens is 470 g/mol. The minimum Gasteiger partial charge on any atom is -0.352 e. The van der Waals surface area contributed by atoms with Gasteiger partial charge in [0.25, 0.3) is 11.8 Å². The normalized spacial score (nSPS) is 29.6. The minimum atomic E-state index is -1.05. The molecule has 11 heteroatoms. The summed E-state index contributed by atoms with van der Waals surface area (Å²) in [6, 6.07) is 9.00. The van der Waals surface area contributed by atoms with E-state index >= 15 is 0 Å². The molecule has 0 unspecified atom stereocenters. The van der Waals surface area contributed by atoms with E-state index in [2.05, 4.69) is 16.2 Å². The van der Waals surface area contributed by atoms with Gasteiger partial charge in [-0.3, -0.25) is 25.2 Å². The van der Waals surface area contributed by atoms with Crippen LogP contribution in [0.2, 0.25) is 0 Å². The van der Waals surface area contributed by atoms with Crippen LogP contribution in [0.4, 0.5) is 0 Å². The van der Waals surface area contributed by atoms with E-state index in [0.29, 0.717) is 18.5 Å². The molecule has 1 aromatic rings. The highest BCUT2D eigenvalue weighted by Gasteiger charge is 2.62. The van der Waals surface area contributed by atoms with Gasteiger partial charge in [0.05, 0.1) is 0 Å². The number of hydrogen-bond acceptors (Lipinski definition) is 8. The zero-order chi connectivity index (χ0) is 25.9. The largest absolute Gasteiger partial charge is 0.352 e. The molecule has 3 aliphatic heterocycles. The topological polar surface area (TPSA) is 133 Å². The van der Waals surface area contributed by atoms with E-state index in [4.69, 9.17) is 23.7 Å². The van der Waals surface area contributed by atoms with Crippen LogP contribution in [-0.2, 0) is 33.3 Å². The fourth-order valence-corrected chi connectivity index (χ4v) is 4.57. The molecule has 36 heavy (non-hydrogen) atoms. The fraction of sp³-hybridized carbons (Fsp3) is 0.640. The Hall–Kier alpha value is -2.57. The monoisotopic (exact) mass is 505 g/mol. The molecule has 11 nitrogen and oxygen atoms in total. The SMILES string of the molecule is CC1(C)O[C@@H]2[C@@H](O1)[C@@H](C(=O)NNC(=O)CCCCCNC(=O)c1ccccc1)O[C@H]1OC(C)(C)O[C@@H]12. The Bertz CT molecular complexity index is 954. The Morgan fingerprint density at radius 1 is 0.806 bits per heavy atom. The van der Waals surface area contributed by atoms with Gasteiger partial charge < -0.3 is 29.0 Å². The Morgan fingerprint density at radius 2 is 1.47 bits per heavy atom. The van der Waals surface area contributed by atoms with Gasteiger partial charge in [0.1, 0.15) is 18.3 Å². The predicted molar refractivity (Wildman–Crippen MR) is 126 cm³/mol. The number of amides is 3. The van der Waals surface area contributed by atoms with Crippen LogP contribution >= 0.6 is 0 Å². The molecule has 3 saturated heterocycles. The highest BCUT2D eigenvalue weighted by molar-refractivity contribution is 5.94. The lowest BCUT2D eigenvalue weighted by atomic mass is 9.98. The van der Waals surface area contributed by atoms with Gasteiger partial charge in [-0.1, -0.05) is 24.6 Å². The van der Waals surface area contributed by atoms with Crippen LogP contribution in [0.15, 0.2) is 30.3 Å². The Kier molecular flexibility index (Phi) is 7.96. The van der Waals surface area contributed by atoms with Crippen molar-refractivity contribution in [1.29, 1.82) is 0 Å². The molecule has 0 spiro atoms. The van der Waals surface area contributed by atoms with Crippen LogP contribution in [0.3, 0.4) is 0 Å². The third kappa shape index (κ3) is 6.40. The standard InChI is InChI=1S/C25H35N3O8/c1-24(2)33-17-18(34-24)20-23(36-25(3,4)35-20)32-19(17)22(31)28-27-16(29)13-9-6-10-14-26-21(30)15-11-7-5-8-12-15/h5,7-8,11-12,17-20,23H,6,9-10,13-14H2,1-4H3,(H,26,30)(H,27,29)(H,28,31)/t17-,18-,19+,20-,23+/m1/s1. The molecule has 0 aromatic heterocycles. The maximum atomic E-state index is 12.9. The lowest BCUT2D eigenvalue weighted by Crippen LogP contribution is -2.61. The van der Waals surface area contributed by atoms with Gasteiger partial charge in [0, 0.05) is 18.5 Å². The summed E-state index contributed by atoms with van der Waals surface area (Å²) in [6.07, 6.45) is -1.33. The molecule has 5 atom stereocenters. The molecule has 3 amide bonds. The second-order valence-corrected chi connectivity index (χ2v) is 10.1. The van der Waals surface area contributed by atoms with Gasteiger partial charge >= 0.3 is 0 Å². The maximum Gasteiger partial charge on any atom is 0.270 e. The predicted octanol–water partition coefficient (Wildman–Crippen LogP) is 1.52. The first kappa shape index (κ1) is 26.5. The quantitative estimate of drug-likeness (QED) is 0.358. The second-order valence-electron chi connectivity index (χ2n) is 10.1. The van der Waals surface area contributed by atoms with Crippen LogP contribution in [0.25, 0.3) is 0 Å². The van der Waals surface area contributed by atoms with E-state index in [1.807, 2.05) is 18.2 Å². The summed E-state index contributed by atoms with van der Waals surface area (Å²) < 4.78 is 29.5. The van der Waals surface area contributed by atoms with Crippen molar-refractivity contribution < 1.29 is 38.1 Å². The highest BCUT2D eigenvalue weighted by atomic mass is 16.9. The average Bonchev–Trinajstić information content (AvgIpc) is 3.33. The third-order valence-electron chi connectivity index (χ3n) is 6.14. The highest BCUT2D eigenvalue weighted by Crippen LogP contribution is 2.44. The smallest absolute Gasteiger partial charge is 0.270 e. The number of hydrazine groups is 1. The summed E-state index contributed by atoms with van der Waals surface area (Å²) in [7, 11) is 0. The number of carbonyl (C=O) groups excluding carboxylic acids is 3. The maximum absolute atomic E-state index is 12.9. The van der Waals surface area contributed by atoms with Crippen molar-refractivity contribution >= 4 is 17.7 Å². The molecule has 3 heterocycles. The Balaban J connectivity index is 1.17. The summed E-state index contributed by atoms with van der Waals surface area (Å²) >= 11 is 0. The third-order valence-corrected chi connectivity index (χ3v) is 6.14. The first-order chi connectivity index (χ1) is 17.0. The zero-order valence-electron chi connectivity index (χ0n) is 21.1. The van der Waals surface area contributed by atoms with E-state index in [0.717, 1.165) is 12.8 Å². The number of fused-ring (bicyclic) bond motifs is 3. The van der Waals surface area contributed by atoms with Crippen LogP contribution in [0, 0.1) is 0 Å². The van der Waals surface area contributed by atoms with Gasteiger partial charge in [-0.25, -0.2) is 0 Å². The number of ether oxygens (including phenoxy) is 5. The van der Waals surface area contributed by atoms with Crippen molar-refractivity contribution in [3.05, 3.63) is 35.9 Å². The zero-order valence-corrected chi connectivity index (χ0v) is 21.1. The van der Waals surface area contributed by atoms with Crippen molar-refractivity contribution in [3.63, 3.8) is 0 Å². The summed E-state index contributed by atoms with van der Waals surface area (Å²) in [4.78, 5) is 37.1. The van der Waals surface area contributed by atoms with Gasteiger partial charge in [-0.2, -0.15) is 0 Å². The lowest BCUT2D eigenvalue weighted by Gasteiger charge is -2.36. The van der Waals surface area contributed by atoms with Crippen molar-refractivity contribution in [1.82, 2.24) is 16.2 Å².